The first kappa shape index (κ1) is 14.6. The topological polar surface area (TPSA) is 6.48 Å². The fourth-order valence-electron chi connectivity index (χ4n) is 2.91. The fourth-order valence-corrected chi connectivity index (χ4v) is 3.32. The van der Waals surface area contributed by atoms with E-state index in [1.807, 2.05) is 4.90 Å². The van der Waals surface area contributed by atoms with Crippen LogP contribution in [0.1, 0.15) is 25.7 Å². The zero-order valence-corrected chi connectivity index (χ0v) is 12.0. The van der Waals surface area contributed by atoms with Crippen LogP contribution in [0.2, 0.25) is 0 Å². The van der Waals surface area contributed by atoms with Crippen LogP contribution in [0, 0.1) is 0 Å². The molecule has 1 saturated heterocycles. The van der Waals surface area contributed by atoms with Crippen molar-refractivity contribution in [1.29, 1.82) is 0 Å². The van der Waals surface area contributed by atoms with Crippen molar-refractivity contribution < 1.29 is 13.2 Å². The van der Waals surface area contributed by atoms with E-state index >= 15 is 0 Å². The van der Waals surface area contributed by atoms with Crippen LogP contribution in [-0.4, -0.2) is 59.6 Å². The molecule has 0 bridgehead atoms. The van der Waals surface area contributed by atoms with Crippen molar-refractivity contribution in [3.8, 4) is 0 Å². The summed E-state index contributed by atoms with van der Waals surface area (Å²) >= 11 is 2.73. The summed E-state index contributed by atoms with van der Waals surface area (Å²) in [6.45, 7) is 3.43. The highest BCUT2D eigenvalue weighted by Crippen LogP contribution is 2.28. The zero-order chi connectivity index (χ0) is 13.2. The van der Waals surface area contributed by atoms with Crippen molar-refractivity contribution in [3.05, 3.63) is 0 Å². The van der Waals surface area contributed by atoms with Gasteiger partial charge in [0.25, 0.3) is 0 Å². The molecule has 18 heavy (non-hydrogen) atoms. The number of halogens is 4. The smallest absolute Gasteiger partial charge is 0.299 e. The molecule has 2 fully saturated rings. The van der Waals surface area contributed by atoms with Gasteiger partial charge < -0.3 is 0 Å². The largest absolute Gasteiger partial charge is 0.402 e. The molecular formula is C12H20BrF3N2. The van der Waals surface area contributed by atoms with Crippen molar-refractivity contribution in [1.82, 2.24) is 9.80 Å². The second-order valence-electron chi connectivity index (χ2n) is 5.28. The summed E-state index contributed by atoms with van der Waals surface area (Å²) in [6.07, 6.45) is 1.01. The summed E-state index contributed by atoms with van der Waals surface area (Å²) in [5.74, 6) is 0. The van der Waals surface area contributed by atoms with Gasteiger partial charge in [0.1, 0.15) is 4.83 Å². The van der Waals surface area contributed by atoms with E-state index in [0.717, 1.165) is 26.2 Å². The van der Waals surface area contributed by atoms with Crippen molar-refractivity contribution in [3.63, 3.8) is 0 Å². The average Bonchev–Trinajstić information content (AvgIpc) is 2.82. The van der Waals surface area contributed by atoms with Crippen molar-refractivity contribution in [2.24, 2.45) is 0 Å². The van der Waals surface area contributed by atoms with Gasteiger partial charge >= 0.3 is 6.18 Å². The number of rotatable bonds is 3. The molecule has 2 rings (SSSR count). The van der Waals surface area contributed by atoms with Gasteiger partial charge in [0.2, 0.25) is 0 Å². The molecule has 0 aromatic carbocycles. The summed E-state index contributed by atoms with van der Waals surface area (Å²) in [5.41, 5.74) is 0. The Labute approximate surface area is 115 Å². The van der Waals surface area contributed by atoms with Gasteiger partial charge in [-0.2, -0.15) is 13.2 Å². The second-order valence-corrected chi connectivity index (χ2v) is 6.39. The summed E-state index contributed by atoms with van der Waals surface area (Å²) in [5, 5.41) is 0. The quantitative estimate of drug-likeness (QED) is 0.735. The van der Waals surface area contributed by atoms with Gasteiger partial charge in [-0.1, -0.05) is 28.8 Å². The molecule has 1 aliphatic heterocycles. The Morgan fingerprint density at radius 2 is 1.61 bits per heavy atom. The monoisotopic (exact) mass is 328 g/mol. The normalized spacial score (nSPS) is 26.7. The van der Waals surface area contributed by atoms with Crippen LogP contribution >= 0.6 is 15.9 Å². The Morgan fingerprint density at radius 1 is 1.06 bits per heavy atom. The molecule has 2 aliphatic rings. The molecular weight excluding hydrogens is 309 g/mol. The molecule has 106 valence electrons. The van der Waals surface area contributed by atoms with Gasteiger partial charge in [0, 0.05) is 38.8 Å². The van der Waals surface area contributed by atoms with Gasteiger partial charge in [-0.05, 0) is 12.8 Å². The Balaban J connectivity index is 1.73. The summed E-state index contributed by atoms with van der Waals surface area (Å²) < 4.78 is 37.3. The molecule has 6 heteroatoms. The first-order valence-corrected chi connectivity index (χ1v) is 7.55. The number of nitrogens with zero attached hydrogens (tertiary/aromatic N) is 2. The molecule has 1 saturated carbocycles. The van der Waals surface area contributed by atoms with E-state index in [1.165, 1.54) is 25.7 Å². The maximum absolute atomic E-state index is 12.4. The van der Waals surface area contributed by atoms with Crippen LogP contribution < -0.4 is 0 Å². The molecule has 0 N–H and O–H groups in total. The molecule has 1 atom stereocenters. The first-order chi connectivity index (χ1) is 8.47. The minimum atomic E-state index is -4.14. The first-order valence-electron chi connectivity index (χ1n) is 6.64. The molecule has 2 nitrogen and oxygen atoms in total. The van der Waals surface area contributed by atoms with E-state index in [2.05, 4.69) is 20.8 Å². The Kier molecular flexibility index (Phi) is 4.94. The van der Waals surface area contributed by atoms with Crippen LogP contribution in [0.3, 0.4) is 0 Å². The maximum Gasteiger partial charge on any atom is 0.402 e. The third-order valence-corrected chi connectivity index (χ3v) is 4.83. The predicted octanol–water partition coefficient (Wildman–Crippen LogP) is 2.87. The molecule has 0 amide bonds. The predicted molar refractivity (Wildman–Crippen MR) is 69.0 cm³/mol. The fraction of sp³-hybridized carbons (Fsp3) is 1.00. The van der Waals surface area contributed by atoms with Crippen molar-refractivity contribution in [2.75, 3.05) is 32.7 Å². The van der Waals surface area contributed by atoms with Gasteiger partial charge in [0.05, 0.1) is 0 Å². The molecule has 0 spiro atoms. The van der Waals surface area contributed by atoms with E-state index in [4.69, 9.17) is 0 Å². The Morgan fingerprint density at radius 3 is 2.11 bits per heavy atom. The van der Waals surface area contributed by atoms with Gasteiger partial charge in [-0.25, -0.2) is 0 Å². The van der Waals surface area contributed by atoms with Gasteiger partial charge in [-0.3, -0.25) is 9.80 Å². The zero-order valence-electron chi connectivity index (χ0n) is 10.4. The lowest BCUT2D eigenvalue weighted by molar-refractivity contribution is -0.131. The summed E-state index contributed by atoms with van der Waals surface area (Å²) in [4.78, 5) is 2.97. The molecule has 0 aromatic heterocycles. The summed E-state index contributed by atoms with van der Waals surface area (Å²) in [6, 6.07) is 0.689. The Bertz CT molecular complexity index is 259. The highest BCUT2D eigenvalue weighted by molar-refractivity contribution is 9.09. The maximum atomic E-state index is 12.4. The van der Waals surface area contributed by atoms with Gasteiger partial charge in [-0.15, -0.1) is 0 Å². The lowest BCUT2D eigenvalue weighted by atomic mass is 10.2. The SMILES string of the molecule is FC(F)(F)C(Br)CN1CCN(C2CCCC2)CC1. The second kappa shape index (κ2) is 6.09. The standard InChI is InChI=1S/C12H20BrF3N2/c13-11(12(14,15)16)9-17-5-7-18(8-6-17)10-3-1-2-4-10/h10-11H,1-9H2. The van der Waals surface area contributed by atoms with Crippen LogP contribution in [0.5, 0.6) is 0 Å². The molecule has 1 heterocycles. The van der Waals surface area contributed by atoms with E-state index in [9.17, 15) is 13.2 Å². The van der Waals surface area contributed by atoms with Crippen LogP contribution in [0.4, 0.5) is 13.2 Å². The highest BCUT2D eigenvalue weighted by Gasteiger charge is 2.39. The summed E-state index contributed by atoms with van der Waals surface area (Å²) in [7, 11) is 0. The van der Waals surface area contributed by atoms with Crippen LogP contribution in [0.15, 0.2) is 0 Å². The van der Waals surface area contributed by atoms with Crippen LogP contribution in [-0.2, 0) is 0 Å². The number of hydrogen-bond acceptors (Lipinski definition) is 2. The van der Waals surface area contributed by atoms with Crippen molar-refractivity contribution in [2.45, 2.75) is 42.7 Å². The average molecular weight is 329 g/mol. The van der Waals surface area contributed by atoms with Gasteiger partial charge in [0.15, 0.2) is 0 Å². The Hall–Kier alpha value is 0.190. The van der Waals surface area contributed by atoms with E-state index in [1.54, 1.807) is 0 Å². The number of hydrogen-bond donors (Lipinski definition) is 0. The molecule has 0 aromatic rings. The highest BCUT2D eigenvalue weighted by atomic mass is 79.9. The number of alkyl halides is 4. The van der Waals surface area contributed by atoms with Crippen molar-refractivity contribution >= 4 is 15.9 Å². The van der Waals surface area contributed by atoms with E-state index in [-0.39, 0.29) is 6.54 Å². The van der Waals surface area contributed by atoms with E-state index < -0.39 is 11.0 Å². The number of piperazine rings is 1. The third-order valence-electron chi connectivity index (χ3n) is 4.02. The van der Waals surface area contributed by atoms with Crippen LogP contribution in [0.25, 0.3) is 0 Å². The lowest BCUT2D eigenvalue weighted by Gasteiger charge is -2.38. The third kappa shape index (κ3) is 3.84. The minimum absolute atomic E-state index is 0.0714. The van der Waals surface area contributed by atoms with E-state index in [0.29, 0.717) is 6.04 Å². The molecule has 0 radical (unpaired) electrons. The lowest BCUT2D eigenvalue weighted by Crippen LogP contribution is -2.51. The molecule has 1 unspecified atom stereocenters. The minimum Gasteiger partial charge on any atom is -0.299 e. The molecule has 1 aliphatic carbocycles.